The number of hydrazone groups is 1. The summed E-state index contributed by atoms with van der Waals surface area (Å²) in [6.45, 7) is 5.21. The molecular weight excluding hydrogens is 421 g/mol. The molecule has 3 aliphatic rings. The molecule has 3 heterocycles. The van der Waals surface area contributed by atoms with Crippen LogP contribution in [-0.4, -0.2) is 41.0 Å². The molecule has 6 heteroatoms. The molecule has 0 aromatic heterocycles. The van der Waals surface area contributed by atoms with Gasteiger partial charge >= 0.3 is 0 Å². The van der Waals surface area contributed by atoms with Crippen LogP contribution in [0, 0.1) is 5.82 Å². The number of halogens is 2. The lowest BCUT2D eigenvalue weighted by Crippen LogP contribution is -2.59. The summed E-state index contributed by atoms with van der Waals surface area (Å²) in [5.74, 6) is 0.714. The van der Waals surface area contributed by atoms with Crippen molar-refractivity contribution in [2.45, 2.75) is 38.0 Å². The van der Waals surface area contributed by atoms with Crippen LogP contribution in [0.15, 0.2) is 52.0 Å². The number of fused-ring (bicyclic) bond motifs is 4. The van der Waals surface area contributed by atoms with E-state index < -0.39 is 5.72 Å². The maximum absolute atomic E-state index is 14.5. The van der Waals surface area contributed by atoms with E-state index in [2.05, 4.69) is 38.8 Å². The van der Waals surface area contributed by atoms with Crippen LogP contribution in [0.3, 0.4) is 0 Å². The van der Waals surface area contributed by atoms with Crippen LogP contribution in [0.4, 0.5) is 4.39 Å². The lowest BCUT2D eigenvalue weighted by atomic mass is 9.90. The second-order valence-electron chi connectivity index (χ2n) is 7.76. The van der Waals surface area contributed by atoms with Gasteiger partial charge in [0.05, 0.1) is 11.8 Å². The molecule has 1 fully saturated rings. The summed E-state index contributed by atoms with van der Waals surface area (Å²) < 4.78 is 22.1. The van der Waals surface area contributed by atoms with Gasteiger partial charge in [-0.3, -0.25) is 0 Å². The zero-order valence-electron chi connectivity index (χ0n) is 15.9. The first kappa shape index (κ1) is 18.1. The van der Waals surface area contributed by atoms with Crippen LogP contribution in [0.2, 0.25) is 0 Å². The number of piperidine rings is 1. The fourth-order valence-electron chi connectivity index (χ4n) is 4.66. The third-order valence-electron chi connectivity index (χ3n) is 6.23. The lowest BCUT2D eigenvalue weighted by Gasteiger charge is -2.51. The molecule has 2 aromatic rings. The molecule has 1 spiro atoms. The minimum absolute atomic E-state index is 0.0732. The van der Waals surface area contributed by atoms with E-state index >= 15 is 0 Å². The number of hydrogen-bond donors (Lipinski definition) is 0. The second kappa shape index (κ2) is 6.85. The summed E-state index contributed by atoms with van der Waals surface area (Å²) in [7, 11) is 0. The molecule has 0 saturated carbocycles. The highest BCUT2D eigenvalue weighted by atomic mass is 79.9. The quantitative estimate of drug-likeness (QED) is 0.657. The van der Waals surface area contributed by atoms with Crippen LogP contribution < -0.4 is 4.74 Å². The molecule has 146 valence electrons. The van der Waals surface area contributed by atoms with Gasteiger partial charge in [0.2, 0.25) is 5.72 Å². The van der Waals surface area contributed by atoms with E-state index in [9.17, 15) is 4.39 Å². The van der Waals surface area contributed by atoms with Gasteiger partial charge in [0.1, 0.15) is 11.6 Å². The third kappa shape index (κ3) is 2.85. The zero-order chi connectivity index (χ0) is 19.3. The Morgan fingerprint density at radius 2 is 2.00 bits per heavy atom. The van der Waals surface area contributed by atoms with E-state index in [0.717, 1.165) is 54.0 Å². The van der Waals surface area contributed by atoms with Crippen molar-refractivity contribution in [1.82, 2.24) is 9.91 Å². The van der Waals surface area contributed by atoms with Crippen LogP contribution in [0.1, 0.15) is 43.4 Å². The van der Waals surface area contributed by atoms with Crippen LogP contribution in [-0.2, 0) is 0 Å². The molecule has 0 bridgehead atoms. The maximum atomic E-state index is 14.5. The van der Waals surface area contributed by atoms with Gasteiger partial charge in [-0.15, -0.1) is 0 Å². The summed E-state index contributed by atoms with van der Waals surface area (Å²) in [6.07, 6.45) is 2.47. The monoisotopic (exact) mass is 443 g/mol. The molecule has 1 atom stereocenters. The average molecular weight is 444 g/mol. The van der Waals surface area contributed by atoms with Crippen LogP contribution in [0.5, 0.6) is 5.75 Å². The van der Waals surface area contributed by atoms with Gasteiger partial charge < -0.3 is 9.64 Å². The molecule has 0 amide bonds. The minimum atomic E-state index is -0.454. The first-order valence-corrected chi connectivity index (χ1v) is 10.7. The highest BCUT2D eigenvalue weighted by Gasteiger charge is 2.51. The summed E-state index contributed by atoms with van der Waals surface area (Å²) in [4.78, 5) is 2.44. The SMILES string of the molecule is CCN1CCC2(CC1)Oc1ccc(Br)cc1[C@H]1CC(c3ccccc3F)=NN12. The van der Waals surface area contributed by atoms with Crippen molar-refractivity contribution in [2.24, 2.45) is 5.10 Å². The lowest BCUT2D eigenvalue weighted by molar-refractivity contribution is -0.149. The topological polar surface area (TPSA) is 28.1 Å². The molecule has 3 aliphatic heterocycles. The van der Waals surface area contributed by atoms with E-state index in [-0.39, 0.29) is 11.9 Å². The largest absolute Gasteiger partial charge is 0.466 e. The summed E-state index contributed by atoms with van der Waals surface area (Å²) in [6, 6.07) is 13.2. The molecule has 0 N–H and O–H groups in total. The second-order valence-corrected chi connectivity index (χ2v) is 8.67. The highest BCUT2D eigenvalue weighted by Crippen LogP contribution is 2.50. The molecular formula is C22H23BrFN3O. The van der Waals surface area contributed by atoms with Crippen molar-refractivity contribution < 1.29 is 9.13 Å². The van der Waals surface area contributed by atoms with Crippen molar-refractivity contribution in [2.75, 3.05) is 19.6 Å². The summed E-state index contributed by atoms with van der Waals surface area (Å²) >= 11 is 3.59. The first-order chi connectivity index (χ1) is 13.6. The average Bonchev–Trinajstić information content (AvgIpc) is 3.16. The summed E-state index contributed by atoms with van der Waals surface area (Å²) in [5.41, 5.74) is 2.06. The number of nitrogens with zero attached hydrogens (tertiary/aromatic N) is 3. The number of rotatable bonds is 2. The van der Waals surface area contributed by atoms with Gasteiger partial charge in [-0.2, -0.15) is 5.10 Å². The Bertz CT molecular complexity index is 939. The number of ether oxygens (including phenoxy) is 1. The van der Waals surface area contributed by atoms with E-state index in [1.807, 2.05) is 24.3 Å². The smallest absolute Gasteiger partial charge is 0.200 e. The number of likely N-dealkylation sites (tertiary alicyclic amines) is 1. The van der Waals surface area contributed by atoms with Gasteiger partial charge in [0, 0.05) is 48.0 Å². The minimum Gasteiger partial charge on any atom is -0.466 e. The highest BCUT2D eigenvalue weighted by molar-refractivity contribution is 9.10. The standard InChI is InChI=1S/C22H23BrFN3O/c1-2-26-11-9-22(10-12-26)27-20(17-13-15(23)7-8-21(17)28-22)14-19(25-27)16-5-3-4-6-18(16)24/h3-8,13,20H,2,9-12,14H2,1H3/t20-/m1/s1. The van der Waals surface area contributed by atoms with Crippen molar-refractivity contribution in [3.63, 3.8) is 0 Å². The fraction of sp³-hybridized carbons (Fsp3) is 0.409. The zero-order valence-corrected chi connectivity index (χ0v) is 17.5. The number of benzene rings is 2. The van der Waals surface area contributed by atoms with Gasteiger partial charge in [0.15, 0.2) is 0 Å². The number of hydrogen-bond acceptors (Lipinski definition) is 4. The normalized spacial score (nSPS) is 23.2. The Balaban J connectivity index is 1.58. The van der Waals surface area contributed by atoms with E-state index in [0.29, 0.717) is 12.0 Å². The Kier molecular flexibility index (Phi) is 4.43. The van der Waals surface area contributed by atoms with E-state index in [1.165, 1.54) is 6.07 Å². The van der Waals surface area contributed by atoms with Crippen molar-refractivity contribution in [3.8, 4) is 5.75 Å². The Labute approximate surface area is 173 Å². The van der Waals surface area contributed by atoms with Crippen LogP contribution >= 0.6 is 15.9 Å². The van der Waals surface area contributed by atoms with Gasteiger partial charge in [-0.25, -0.2) is 9.40 Å². The fourth-order valence-corrected chi connectivity index (χ4v) is 5.04. The van der Waals surface area contributed by atoms with E-state index in [4.69, 9.17) is 9.84 Å². The Hall–Kier alpha value is -1.92. The van der Waals surface area contributed by atoms with E-state index in [1.54, 1.807) is 6.07 Å². The van der Waals surface area contributed by atoms with Crippen molar-refractivity contribution >= 4 is 21.6 Å². The molecule has 4 nitrogen and oxygen atoms in total. The predicted molar refractivity (Wildman–Crippen MR) is 111 cm³/mol. The van der Waals surface area contributed by atoms with Gasteiger partial charge in [-0.05, 0) is 30.8 Å². The molecule has 2 aromatic carbocycles. The third-order valence-corrected chi connectivity index (χ3v) is 6.72. The molecule has 28 heavy (non-hydrogen) atoms. The maximum Gasteiger partial charge on any atom is 0.200 e. The van der Waals surface area contributed by atoms with Crippen molar-refractivity contribution in [1.29, 1.82) is 0 Å². The first-order valence-electron chi connectivity index (χ1n) is 9.92. The molecule has 0 aliphatic carbocycles. The van der Waals surface area contributed by atoms with Crippen LogP contribution in [0.25, 0.3) is 0 Å². The van der Waals surface area contributed by atoms with Gasteiger partial charge in [0.25, 0.3) is 0 Å². The molecule has 0 unspecified atom stereocenters. The van der Waals surface area contributed by atoms with Crippen molar-refractivity contribution in [3.05, 3.63) is 63.9 Å². The molecule has 5 rings (SSSR count). The molecule has 1 saturated heterocycles. The Morgan fingerprint density at radius 3 is 2.75 bits per heavy atom. The van der Waals surface area contributed by atoms with Gasteiger partial charge in [-0.1, -0.05) is 41.1 Å². The Morgan fingerprint density at radius 1 is 1.21 bits per heavy atom. The summed E-state index contributed by atoms with van der Waals surface area (Å²) in [5, 5.41) is 7.08. The predicted octanol–water partition coefficient (Wildman–Crippen LogP) is 4.94. The molecule has 0 radical (unpaired) electrons.